The Morgan fingerprint density at radius 3 is 2.53 bits per heavy atom. The highest BCUT2D eigenvalue weighted by Crippen LogP contribution is 2.47. The van der Waals surface area contributed by atoms with Crippen molar-refractivity contribution in [3.05, 3.63) is 84.8 Å². The van der Waals surface area contributed by atoms with Crippen molar-refractivity contribution in [1.82, 2.24) is 19.6 Å². The third-order valence-corrected chi connectivity index (χ3v) is 8.69. The molecule has 236 valence electrons. The van der Waals surface area contributed by atoms with E-state index in [2.05, 4.69) is 21.0 Å². The van der Waals surface area contributed by atoms with Crippen molar-refractivity contribution in [2.75, 3.05) is 12.3 Å². The SMILES string of the molecule is C#C[C@@]1(O)[C@H](O)[C@@H](COP(=O)(N[C@@H](Cc2ccccc2)C(=O)OC(C)C)Oc2ccccc2)O[C@H]1n1ccc2c(N)ncnc21. The van der Waals surface area contributed by atoms with Gasteiger partial charge in [-0.15, -0.1) is 6.42 Å². The summed E-state index contributed by atoms with van der Waals surface area (Å²) in [4.78, 5) is 21.3. The number of aliphatic hydroxyl groups is 2. The lowest BCUT2D eigenvalue weighted by molar-refractivity contribution is -0.149. The zero-order chi connectivity index (χ0) is 32.2. The van der Waals surface area contributed by atoms with E-state index in [1.165, 1.54) is 17.1 Å². The molecule has 4 aromatic rings. The number of ether oxygens (including phenoxy) is 2. The lowest BCUT2D eigenvalue weighted by atomic mass is 9.95. The summed E-state index contributed by atoms with van der Waals surface area (Å²) < 4.78 is 38.9. The maximum Gasteiger partial charge on any atom is 0.459 e. The molecule has 1 aliphatic rings. The van der Waals surface area contributed by atoms with Crippen molar-refractivity contribution in [1.29, 1.82) is 0 Å². The minimum absolute atomic E-state index is 0.102. The number of aromatic nitrogens is 3. The topological polar surface area (TPSA) is 180 Å². The van der Waals surface area contributed by atoms with Gasteiger partial charge in [-0.05, 0) is 44.0 Å². The molecule has 45 heavy (non-hydrogen) atoms. The molecule has 1 saturated heterocycles. The second-order valence-electron chi connectivity index (χ2n) is 10.7. The van der Waals surface area contributed by atoms with Crippen LogP contribution in [0.15, 0.2) is 79.3 Å². The van der Waals surface area contributed by atoms with Gasteiger partial charge in [0.1, 0.15) is 41.8 Å². The number of anilines is 1. The number of aliphatic hydroxyl groups excluding tert-OH is 1. The van der Waals surface area contributed by atoms with Gasteiger partial charge in [0.2, 0.25) is 0 Å². The highest BCUT2D eigenvalue weighted by Gasteiger charge is 2.56. The second kappa shape index (κ2) is 13.4. The first-order valence-corrected chi connectivity index (χ1v) is 15.7. The summed E-state index contributed by atoms with van der Waals surface area (Å²) in [6, 6.07) is 17.8. The van der Waals surface area contributed by atoms with Crippen LogP contribution in [0.3, 0.4) is 0 Å². The van der Waals surface area contributed by atoms with Gasteiger partial charge in [-0.25, -0.2) is 14.5 Å². The van der Waals surface area contributed by atoms with Crippen molar-refractivity contribution in [2.45, 2.75) is 56.5 Å². The maximum absolute atomic E-state index is 14.4. The summed E-state index contributed by atoms with van der Waals surface area (Å²) in [6.07, 6.45) is 3.82. The zero-order valence-corrected chi connectivity index (χ0v) is 25.5. The predicted molar refractivity (Wildman–Crippen MR) is 165 cm³/mol. The molecule has 14 heteroatoms. The minimum Gasteiger partial charge on any atom is -0.462 e. The monoisotopic (exact) mass is 635 g/mol. The third-order valence-electron chi connectivity index (χ3n) is 7.12. The van der Waals surface area contributed by atoms with Crippen LogP contribution in [0.25, 0.3) is 11.0 Å². The Hall–Kier alpha value is -4.28. The average Bonchev–Trinajstić information content (AvgIpc) is 3.56. The standard InChI is InChI=1S/C31H34N5O8P/c1-4-31(39)26(37)25(43-30(31)36-16-15-23-27(32)33-19-34-28(23)36)18-41-45(40,44-22-13-9-6-10-14-22)35-24(29(38)42-20(2)3)17-21-11-7-5-8-12-21/h1,5-16,19-20,24-26,30,37,39H,17-18H2,2-3H3,(H,35,40)(H2,32,33,34)/t24-,25+,26+,30+,31+,45?/m0/s1. The lowest BCUT2D eigenvalue weighted by Gasteiger charge is -2.27. The molecule has 0 amide bonds. The number of carbonyl (C=O) groups excluding carboxylic acids is 1. The summed E-state index contributed by atoms with van der Waals surface area (Å²) in [5.74, 6) is 1.94. The molecular formula is C31H34N5O8P. The molecule has 1 unspecified atom stereocenters. The van der Waals surface area contributed by atoms with Crippen LogP contribution < -0.4 is 15.3 Å². The summed E-state index contributed by atoms with van der Waals surface area (Å²) >= 11 is 0. The first-order chi connectivity index (χ1) is 21.5. The molecule has 0 aliphatic carbocycles. The number of nitrogen functional groups attached to an aromatic ring is 1. The predicted octanol–water partition coefficient (Wildman–Crippen LogP) is 2.99. The number of hydrogen-bond donors (Lipinski definition) is 4. The number of hydrogen-bond acceptors (Lipinski definition) is 11. The van der Waals surface area contributed by atoms with Crippen LogP contribution in [0.5, 0.6) is 5.75 Å². The van der Waals surface area contributed by atoms with Crippen molar-refractivity contribution in [2.24, 2.45) is 0 Å². The van der Waals surface area contributed by atoms with Gasteiger partial charge in [0.05, 0.1) is 18.1 Å². The van der Waals surface area contributed by atoms with E-state index in [1.54, 1.807) is 50.2 Å². The fraction of sp³-hybridized carbons (Fsp3) is 0.323. The van der Waals surface area contributed by atoms with Gasteiger partial charge in [0.15, 0.2) is 11.8 Å². The third kappa shape index (κ3) is 7.02. The smallest absolute Gasteiger partial charge is 0.459 e. The van der Waals surface area contributed by atoms with Gasteiger partial charge in [-0.1, -0.05) is 54.5 Å². The number of terminal acetylenes is 1. The fourth-order valence-corrected chi connectivity index (χ4v) is 6.44. The molecule has 2 aromatic heterocycles. The van der Waals surface area contributed by atoms with E-state index >= 15 is 0 Å². The number of fused-ring (bicyclic) bond motifs is 1. The largest absolute Gasteiger partial charge is 0.462 e. The van der Waals surface area contributed by atoms with E-state index in [-0.39, 0.29) is 18.0 Å². The minimum atomic E-state index is -4.41. The maximum atomic E-state index is 14.4. The second-order valence-corrected chi connectivity index (χ2v) is 12.4. The van der Waals surface area contributed by atoms with Crippen LogP contribution >= 0.6 is 7.75 Å². The Kier molecular flexibility index (Phi) is 9.55. The fourth-order valence-electron chi connectivity index (χ4n) is 4.94. The molecule has 0 saturated carbocycles. The number of nitrogens with two attached hydrogens (primary N) is 1. The molecule has 5 rings (SSSR count). The molecule has 3 heterocycles. The quantitative estimate of drug-likeness (QED) is 0.102. The highest BCUT2D eigenvalue weighted by atomic mass is 31.2. The molecule has 5 N–H and O–H groups in total. The lowest BCUT2D eigenvalue weighted by Crippen LogP contribution is -2.46. The van der Waals surface area contributed by atoms with E-state index in [4.69, 9.17) is 30.7 Å². The van der Waals surface area contributed by atoms with Crippen LogP contribution in [-0.2, 0) is 29.8 Å². The van der Waals surface area contributed by atoms with Crippen LogP contribution in [-0.4, -0.2) is 67.3 Å². The normalized spacial score (nSPS) is 23.3. The molecule has 6 atom stereocenters. The van der Waals surface area contributed by atoms with Gasteiger partial charge < -0.3 is 34.5 Å². The Morgan fingerprint density at radius 2 is 1.87 bits per heavy atom. The number of rotatable bonds is 12. The number of carbonyl (C=O) groups is 1. The summed E-state index contributed by atoms with van der Waals surface area (Å²) in [5, 5.41) is 25.8. The number of nitrogens with zero attached hydrogens (tertiary/aromatic N) is 3. The highest BCUT2D eigenvalue weighted by molar-refractivity contribution is 7.52. The molecule has 1 fully saturated rings. The Labute approximate surface area is 259 Å². The Bertz CT molecular complexity index is 1710. The van der Waals surface area contributed by atoms with Crippen molar-refractivity contribution in [3.8, 4) is 18.1 Å². The van der Waals surface area contributed by atoms with E-state index in [0.717, 1.165) is 5.56 Å². The van der Waals surface area contributed by atoms with Gasteiger partial charge >= 0.3 is 13.7 Å². The van der Waals surface area contributed by atoms with Crippen molar-refractivity contribution < 1.29 is 38.1 Å². The molecule has 0 bridgehead atoms. The summed E-state index contributed by atoms with van der Waals surface area (Å²) in [7, 11) is -4.41. The number of nitrogens with one attached hydrogen (secondary N) is 1. The van der Waals surface area contributed by atoms with Gasteiger partial charge in [-0.2, -0.15) is 5.09 Å². The average molecular weight is 636 g/mol. The van der Waals surface area contributed by atoms with E-state index in [1.807, 2.05) is 30.3 Å². The number of benzene rings is 2. The Balaban J connectivity index is 1.42. The van der Waals surface area contributed by atoms with Crippen LogP contribution in [0.4, 0.5) is 5.82 Å². The summed E-state index contributed by atoms with van der Waals surface area (Å²) in [6.45, 7) is 2.83. The molecule has 13 nitrogen and oxygen atoms in total. The first-order valence-electron chi connectivity index (χ1n) is 14.1. The van der Waals surface area contributed by atoms with Gasteiger partial charge in [0.25, 0.3) is 0 Å². The van der Waals surface area contributed by atoms with Gasteiger partial charge in [0, 0.05) is 6.20 Å². The van der Waals surface area contributed by atoms with E-state index in [0.29, 0.717) is 11.0 Å². The summed E-state index contributed by atoms with van der Waals surface area (Å²) in [5.41, 5.74) is 4.79. The first kappa shape index (κ1) is 32.1. The zero-order valence-electron chi connectivity index (χ0n) is 24.6. The number of para-hydroxylation sites is 1. The van der Waals surface area contributed by atoms with E-state index in [9.17, 15) is 19.6 Å². The van der Waals surface area contributed by atoms with E-state index < -0.39 is 56.5 Å². The molecular weight excluding hydrogens is 601 g/mol. The molecule has 0 radical (unpaired) electrons. The molecule has 1 aliphatic heterocycles. The van der Waals surface area contributed by atoms with Crippen molar-refractivity contribution in [3.63, 3.8) is 0 Å². The van der Waals surface area contributed by atoms with Gasteiger partial charge in [-0.3, -0.25) is 9.32 Å². The molecule has 2 aromatic carbocycles. The van der Waals surface area contributed by atoms with Crippen LogP contribution in [0, 0.1) is 12.3 Å². The van der Waals surface area contributed by atoms with Crippen molar-refractivity contribution >= 4 is 30.6 Å². The Morgan fingerprint density at radius 1 is 1.18 bits per heavy atom. The van der Waals surface area contributed by atoms with Crippen LogP contribution in [0.1, 0.15) is 25.6 Å². The number of esters is 1. The molecule has 0 spiro atoms. The van der Waals surface area contributed by atoms with Crippen LogP contribution in [0.2, 0.25) is 0 Å².